The summed E-state index contributed by atoms with van der Waals surface area (Å²) in [5.41, 5.74) is 4.97. The minimum Gasteiger partial charge on any atom is -0.475 e. The molecule has 0 spiro atoms. The minimum absolute atomic E-state index is 0.0811. The summed E-state index contributed by atoms with van der Waals surface area (Å²) in [6.07, 6.45) is 4.38. The first-order chi connectivity index (χ1) is 24.0. The number of anilines is 1. The van der Waals surface area contributed by atoms with E-state index in [1.807, 2.05) is 62.6 Å². The van der Waals surface area contributed by atoms with E-state index >= 15 is 0 Å². The smallest absolute Gasteiger partial charge is 0.264 e. The van der Waals surface area contributed by atoms with Crippen LogP contribution in [0.3, 0.4) is 0 Å². The van der Waals surface area contributed by atoms with E-state index in [1.54, 1.807) is 27.8 Å². The minimum atomic E-state index is -4.19. The van der Waals surface area contributed by atoms with Crippen molar-refractivity contribution in [1.82, 2.24) is 29.6 Å². The fourth-order valence-corrected chi connectivity index (χ4v) is 7.23. The summed E-state index contributed by atoms with van der Waals surface area (Å²) >= 11 is 0. The Hall–Kier alpha value is -5.10. The van der Waals surface area contributed by atoms with Crippen LogP contribution in [-0.4, -0.2) is 56.6 Å². The van der Waals surface area contributed by atoms with Gasteiger partial charge >= 0.3 is 0 Å². The number of rotatable bonds is 5. The lowest BCUT2D eigenvalue weighted by Gasteiger charge is -2.35. The van der Waals surface area contributed by atoms with Crippen LogP contribution < -0.4 is 9.46 Å². The number of sulfonamides is 1. The molecule has 266 valence electrons. The molecule has 0 fully saturated rings. The third-order valence-corrected chi connectivity index (χ3v) is 10.2. The number of nitrogens with one attached hydrogen (secondary N) is 1. The van der Waals surface area contributed by atoms with Crippen molar-refractivity contribution in [3.8, 4) is 23.0 Å². The van der Waals surface area contributed by atoms with E-state index in [2.05, 4.69) is 61.3 Å². The molecule has 1 atom stereocenters. The summed E-state index contributed by atoms with van der Waals surface area (Å²) in [4.78, 5) is 30.2. The zero-order chi connectivity index (χ0) is 36.7. The van der Waals surface area contributed by atoms with E-state index in [0.29, 0.717) is 23.6 Å². The molecule has 6 rings (SSSR count). The van der Waals surface area contributed by atoms with Crippen molar-refractivity contribution in [1.29, 1.82) is 0 Å². The summed E-state index contributed by atoms with van der Waals surface area (Å²) in [5.74, 6) is 0.335. The number of fused-ring (bicyclic) bond motifs is 4. The Kier molecular flexibility index (Phi) is 9.49. The first kappa shape index (κ1) is 35.7. The second kappa shape index (κ2) is 13.6. The number of amides is 1. The molecule has 51 heavy (non-hydrogen) atoms. The summed E-state index contributed by atoms with van der Waals surface area (Å²) in [7, 11) is -4.19. The Morgan fingerprint density at radius 2 is 1.61 bits per heavy atom. The first-order valence-electron chi connectivity index (χ1n) is 17.0. The normalized spacial score (nSPS) is 16.4. The van der Waals surface area contributed by atoms with Crippen LogP contribution in [0.15, 0.2) is 84.0 Å². The molecule has 4 heterocycles. The SMILES string of the molecule is Cc1cccc(C)c1-c1cc2nc(n1)NS(=O)(=O)c1cccc(c1)C(=O)N(Cc1cccc(-n3cc(C(C)(C)C)cn3)n1)[C@H](CC(C)(C)C)CO2. The lowest BCUT2D eigenvalue weighted by atomic mass is 9.87. The van der Waals surface area contributed by atoms with E-state index in [1.165, 1.54) is 12.1 Å². The zero-order valence-electron chi connectivity index (χ0n) is 30.4. The van der Waals surface area contributed by atoms with Crippen LogP contribution in [-0.2, 0) is 22.0 Å². The van der Waals surface area contributed by atoms with Gasteiger partial charge in [0.25, 0.3) is 15.9 Å². The standard InChI is InChI=1S/C39H45N7O4S/c1-25-12-9-13-26(2)35(25)32-19-34-43-37(42-32)44-51(48,49)31-16-10-14-27(18-31)36(47)45(30(24-50-34)20-38(3,4)5)23-29-15-11-17-33(41-29)46-22-28(21-40-46)39(6,7)8/h9-19,21-22,30H,20,23-24H2,1-8H3,(H,42,43,44)/t30-/m1/s1. The van der Waals surface area contributed by atoms with Gasteiger partial charge in [-0.15, -0.1) is 0 Å². The fourth-order valence-electron chi connectivity index (χ4n) is 6.24. The molecule has 4 bridgehead atoms. The van der Waals surface area contributed by atoms with Gasteiger partial charge in [-0.2, -0.15) is 10.1 Å². The molecular formula is C39H45N7O4S. The lowest BCUT2D eigenvalue weighted by molar-refractivity contribution is 0.0509. The maximum Gasteiger partial charge on any atom is 0.264 e. The van der Waals surface area contributed by atoms with Crippen LogP contribution >= 0.6 is 0 Å². The van der Waals surface area contributed by atoms with Gasteiger partial charge in [0, 0.05) is 23.4 Å². The summed E-state index contributed by atoms with van der Waals surface area (Å²) in [5, 5.41) is 4.56. The topological polar surface area (TPSA) is 132 Å². The largest absolute Gasteiger partial charge is 0.475 e. The van der Waals surface area contributed by atoms with Gasteiger partial charge in [-0.3, -0.25) is 4.79 Å². The highest BCUT2D eigenvalue weighted by Crippen LogP contribution is 2.32. The van der Waals surface area contributed by atoms with Gasteiger partial charge in [0.05, 0.1) is 35.1 Å². The molecule has 2 aromatic carbocycles. The maximum atomic E-state index is 14.6. The number of benzene rings is 2. The van der Waals surface area contributed by atoms with E-state index in [9.17, 15) is 13.2 Å². The van der Waals surface area contributed by atoms with Gasteiger partial charge in [0.2, 0.25) is 11.8 Å². The average Bonchev–Trinajstić information content (AvgIpc) is 3.56. The Balaban J connectivity index is 1.46. The summed E-state index contributed by atoms with van der Waals surface area (Å²) in [6, 6.07) is 18.9. The highest BCUT2D eigenvalue weighted by molar-refractivity contribution is 7.92. The summed E-state index contributed by atoms with van der Waals surface area (Å²) in [6.45, 7) is 16.9. The molecule has 0 saturated heterocycles. The molecule has 1 amide bonds. The molecular weight excluding hydrogens is 663 g/mol. The van der Waals surface area contributed by atoms with Gasteiger partial charge in [-0.05, 0) is 78.1 Å². The second-order valence-electron chi connectivity index (χ2n) is 15.4. The number of pyridine rings is 1. The molecule has 0 saturated carbocycles. The number of aromatic nitrogens is 5. The van der Waals surface area contributed by atoms with Crippen molar-refractivity contribution in [2.75, 3.05) is 11.3 Å². The molecule has 5 aromatic rings. The molecule has 11 nitrogen and oxygen atoms in total. The van der Waals surface area contributed by atoms with Gasteiger partial charge < -0.3 is 9.64 Å². The van der Waals surface area contributed by atoms with Crippen molar-refractivity contribution < 1.29 is 17.9 Å². The van der Waals surface area contributed by atoms with E-state index < -0.39 is 16.1 Å². The fraction of sp³-hybridized carbons (Fsp3) is 0.359. The van der Waals surface area contributed by atoms with E-state index in [0.717, 1.165) is 22.3 Å². The zero-order valence-corrected chi connectivity index (χ0v) is 31.2. The third kappa shape index (κ3) is 8.12. The van der Waals surface area contributed by atoms with Crippen LogP contribution in [0, 0.1) is 19.3 Å². The molecule has 0 radical (unpaired) electrons. The van der Waals surface area contributed by atoms with Crippen LogP contribution in [0.2, 0.25) is 0 Å². The van der Waals surface area contributed by atoms with Gasteiger partial charge in [0.15, 0.2) is 5.82 Å². The molecule has 0 aliphatic carbocycles. The monoisotopic (exact) mass is 707 g/mol. The van der Waals surface area contributed by atoms with Crippen LogP contribution in [0.1, 0.15) is 80.7 Å². The van der Waals surface area contributed by atoms with E-state index in [-0.39, 0.29) is 52.2 Å². The van der Waals surface area contributed by atoms with Crippen molar-refractivity contribution in [2.45, 2.75) is 84.7 Å². The number of hydrogen-bond donors (Lipinski definition) is 1. The lowest BCUT2D eigenvalue weighted by Crippen LogP contribution is -2.45. The highest BCUT2D eigenvalue weighted by Gasteiger charge is 2.32. The first-order valence-corrected chi connectivity index (χ1v) is 18.5. The Bertz CT molecular complexity index is 2180. The molecule has 12 heteroatoms. The van der Waals surface area contributed by atoms with E-state index in [4.69, 9.17) is 9.72 Å². The number of hydrogen-bond acceptors (Lipinski definition) is 8. The quantitative estimate of drug-likeness (QED) is 0.202. The average molecular weight is 708 g/mol. The molecule has 1 aliphatic rings. The van der Waals surface area contributed by atoms with Crippen LogP contribution in [0.25, 0.3) is 17.1 Å². The number of aryl methyl sites for hydroxylation is 2. The third-order valence-electron chi connectivity index (χ3n) is 8.84. The number of nitrogens with zero attached hydrogens (tertiary/aromatic N) is 6. The predicted octanol–water partition coefficient (Wildman–Crippen LogP) is 7.28. The number of carbonyl (C=O) groups excluding carboxylic acids is 1. The molecule has 0 unspecified atom stereocenters. The molecule has 1 aliphatic heterocycles. The van der Waals surface area contributed by atoms with Gasteiger partial charge in [-0.25, -0.2) is 27.8 Å². The van der Waals surface area contributed by atoms with Gasteiger partial charge in [-0.1, -0.05) is 71.9 Å². The van der Waals surface area contributed by atoms with Crippen molar-refractivity contribution in [3.63, 3.8) is 0 Å². The van der Waals surface area contributed by atoms with Crippen LogP contribution in [0.5, 0.6) is 5.88 Å². The molecule has 3 aromatic heterocycles. The van der Waals surface area contributed by atoms with Crippen molar-refractivity contribution in [3.05, 3.63) is 107 Å². The second-order valence-corrected chi connectivity index (χ2v) is 17.1. The summed E-state index contributed by atoms with van der Waals surface area (Å²) < 4.78 is 38.2. The molecule has 1 N–H and O–H groups in total. The van der Waals surface area contributed by atoms with Gasteiger partial charge in [0.1, 0.15) is 6.61 Å². The van der Waals surface area contributed by atoms with Crippen molar-refractivity contribution >= 4 is 21.9 Å². The Morgan fingerprint density at radius 1 is 0.902 bits per heavy atom. The maximum absolute atomic E-state index is 14.6. The Labute approximate surface area is 300 Å². The highest BCUT2D eigenvalue weighted by atomic mass is 32.2. The van der Waals surface area contributed by atoms with Crippen LogP contribution in [0.4, 0.5) is 5.95 Å². The predicted molar refractivity (Wildman–Crippen MR) is 197 cm³/mol. The number of carbonyl (C=O) groups is 1. The number of ether oxygens (including phenoxy) is 1. The Morgan fingerprint density at radius 3 is 2.29 bits per heavy atom. The van der Waals surface area contributed by atoms with Crippen molar-refractivity contribution in [2.24, 2.45) is 5.41 Å².